The van der Waals surface area contributed by atoms with Crippen LogP contribution in [0.4, 0.5) is 4.39 Å². The van der Waals surface area contributed by atoms with E-state index in [0.29, 0.717) is 45.1 Å². The van der Waals surface area contributed by atoms with Crippen molar-refractivity contribution in [1.82, 2.24) is 9.55 Å². The van der Waals surface area contributed by atoms with Gasteiger partial charge < -0.3 is 9.67 Å². The molecule has 0 fully saturated rings. The quantitative estimate of drug-likeness (QED) is 0.415. The number of pyridine rings is 1. The van der Waals surface area contributed by atoms with Crippen LogP contribution in [0.5, 0.6) is 0 Å². The zero-order chi connectivity index (χ0) is 21.0. The molecule has 1 N–H and O–H groups in total. The zero-order valence-corrected chi connectivity index (χ0v) is 17.3. The van der Waals surface area contributed by atoms with Gasteiger partial charge in [0.15, 0.2) is 0 Å². The molecule has 0 aliphatic carbocycles. The Morgan fingerprint density at radius 3 is 2.80 bits per heavy atom. The third kappa shape index (κ3) is 2.92. The molecule has 2 aromatic heterocycles. The number of para-hydroxylation sites is 1. The van der Waals surface area contributed by atoms with Gasteiger partial charge in [0.25, 0.3) is 0 Å². The van der Waals surface area contributed by atoms with Crippen molar-refractivity contribution in [3.8, 4) is 0 Å². The molecule has 0 bridgehead atoms. The Morgan fingerprint density at radius 2 is 2.00 bits per heavy atom. The minimum absolute atomic E-state index is 0.0815. The first-order valence-electron chi connectivity index (χ1n) is 9.57. The number of ketones is 1. The van der Waals surface area contributed by atoms with E-state index in [1.165, 1.54) is 12.1 Å². The molecular formula is C23H16BrFN2O3. The lowest BCUT2D eigenvalue weighted by Gasteiger charge is -2.10. The van der Waals surface area contributed by atoms with E-state index in [2.05, 4.69) is 20.9 Å². The van der Waals surface area contributed by atoms with Gasteiger partial charge in [-0.2, -0.15) is 0 Å². The number of aliphatic carboxylic acids is 1. The topological polar surface area (TPSA) is 72.2 Å². The second kappa shape index (κ2) is 7.02. The van der Waals surface area contributed by atoms with Crippen molar-refractivity contribution in [2.75, 3.05) is 0 Å². The fourth-order valence-corrected chi connectivity index (χ4v) is 5.08. The predicted molar refractivity (Wildman–Crippen MR) is 114 cm³/mol. The maximum Gasteiger partial charge on any atom is 0.304 e. The van der Waals surface area contributed by atoms with Gasteiger partial charge in [-0.05, 0) is 46.6 Å². The summed E-state index contributed by atoms with van der Waals surface area (Å²) in [5.41, 5.74) is 2.63. The second-order valence-electron chi connectivity index (χ2n) is 7.50. The van der Waals surface area contributed by atoms with Crippen LogP contribution in [0.15, 0.2) is 53.0 Å². The summed E-state index contributed by atoms with van der Waals surface area (Å²) in [5.74, 6) is -1.95. The fraction of sp³-hybridized carbons (Fsp3) is 0.174. The van der Waals surface area contributed by atoms with E-state index in [9.17, 15) is 19.1 Å². The maximum absolute atomic E-state index is 14.1. The number of hydrogen-bond acceptors (Lipinski definition) is 3. The standard InChI is InChI=1S/C23H16BrFN2O3/c24-15-10-14(25)11-18-20(15)21(22-13(9-19(28)29)7-8-27(18)22)23(30)17-6-5-12-3-1-2-4-16(12)26-17/h1-6,10-11,13H,7-9H2,(H,28,29). The van der Waals surface area contributed by atoms with Crippen molar-refractivity contribution in [3.05, 3.63) is 75.8 Å². The van der Waals surface area contributed by atoms with Crippen LogP contribution in [0.1, 0.15) is 40.5 Å². The van der Waals surface area contributed by atoms with Crippen LogP contribution in [0.2, 0.25) is 0 Å². The van der Waals surface area contributed by atoms with Crippen LogP contribution >= 0.6 is 15.9 Å². The lowest BCUT2D eigenvalue weighted by Crippen LogP contribution is -2.11. The summed E-state index contributed by atoms with van der Waals surface area (Å²) < 4.78 is 16.5. The Bertz CT molecular complexity index is 1360. The molecule has 150 valence electrons. The average Bonchev–Trinajstić information content (AvgIpc) is 3.25. The van der Waals surface area contributed by atoms with E-state index in [1.807, 2.05) is 34.9 Å². The smallest absolute Gasteiger partial charge is 0.304 e. The Kier molecular flexibility index (Phi) is 4.43. The van der Waals surface area contributed by atoms with E-state index in [-0.39, 0.29) is 23.8 Å². The van der Waals surface area contributed by atoms with Gasteiger partial charge in [-0.25, -0.2) is 9.37 Å². The molecule has 0 saturated heterocycles. The minimum Gasteiger partial charge on any atom is -0.481 e. The van der Waals surface area contributed by atoms with Gasteiger partial charge in [0.05, 0.1) is 23.0 Å². The first-order chi connectivity index (χ1) is 14.4. The lowest BCUT2D eigenvalue weighted by atomic mass is 9.93. The van der Waals surface area contributed by atoms with Crippen molar-refractivity contribution in [2.45, 2.75) is 25.3 Å². The van der Waals surface area contributed by atoms with Crippen LogP contribution in [0.25, 0.3) is 21.8 Å². The number of aromatic nitrogens is 2. The highest BCUT2D eigenvalue weighted by molar-refractivity contribution is 9.10. The number of aryl methyl sites for hydroxylation is 1. The van der Waals surface area contributed by atoms with Gasteiger partial charge in [-0.1, -0.05) is 24.3 Å². The third-order valence-corrected chi connectivity index (χ3v) is 6.31. The molecule has 0 saturated carbocycles. The van der Waals surface area contributed by atoms with Crippen LogP contribution in [-0.2, 0) is 11.3 Å². The van der Waals surface area contributed by atoms with Crippen molar-refractivity contribution in [3.63, 3.8) is 0 Å². The van der Waals surface area contributed by atoms with Crippen LogP contribution in [-0.4, -0.2) is 26.4 Å². The molecule has 5 nitrogen and oxygen atoms in total. The normalized spacial score (nSPS) is 15.6. The average molecular weight is 467 g/mol. The fourth-order valence-electron chi connectivity index (χ4n) is 4.46. The summed E-state index contributed by atoms with van der Waals surface area (Å²) in [6, 6.07) is 13.8. The number of halogens is 2. The summed E-state index contributed by atoms with van der Waals surface area (Å²) in [5, 5.41) is 10.9. The SMILES string of the molecule is O=C(O)CC1CCn2c1c(C(=O)c1ccc3ccccc3n1)c1c(Br)cc(F)cc12. The number of carbonyl (C=O) groups is 2. The van der Waals surface area contributed by atoms with Gasteiger partial charge in [0.1, 0.15) is 11.5 Å². The Balaban J connectivity index is 1.76. The van der Waals surface area contributed by atoms with Gasteiger partial charge in [0.2, 0.25) is 5.78 Å². The molecule has 1 aliphatic heterocycles. The van der Waals surface area contributed by atoms with Crippen molar-refractivity contribution in [1.29, 1.82) is 0 Å². The molecule has 3 heterocycles. The highest BCUT2D eigenvalue weighted by Gasteiger charge is 2.35. The Hall–Kier alpha value is -3.06. The van der Waals surface area contributed by atoms with E-state index in [4.69, 9.17) is 0 Å². The van der Waals surface area contributed by atoms with Crippen LogP contribution < -0.4 is 0 Å². The molecule has 4 aromatic rings. The van der Waals surface area contributed by atoms with Gasteiger partial charge in [-0.15, -0.1) is 0 Å². The molecule has 0 spiro atoms. The number of hydrogen-bond donors (Lipinski definition) is 1. The number of nitrogens with zero attached hydrogens (tertiary/aromatic N) is 2. The largest absolute Gasteiger partial charge is 0.481 e. The van der Waals surface area contributed by atoms with Crippen molar-refractivity contribution >= 4 is 49.5 Å². The molecule has 5 rings (SSSR count). The number of rotatable bonds is 4. The lowest BCUT2D eigenvalue weighted by molar-refractivity contribution is -0.137. The molecule has 1 atom stereocenters. The Labute approximate surface area is 179 Å². The second-order valence-corrected chi connectivity index (χ2v) is 8.35. The first kappa shape index (κ1) is 18.9. The summed E-state index contributed by atoms with van der Waals surface area (Å²) in [6.07, 6.45) is 0.513. The maximum atomic E-state index is 14.1. The summed E-state index contributed by atoms with van der Waals surface area (Å²) in [6.45, 7) is 0.540. The number of fused-ring (bicyclic) bond motifs is 4. The summed E-state index contributed by atoms with van der Waals surface area (Å²) in [4.78, 5) is 29.6. The first-order valence-corrected chi connectivity index (χ1v) is 10.4. The van der Waals surface area contributed by atoms with E-state index >= 15 is 0 Å². The highest BCUT2D eigenvalue weighted by atomic mass is 79.9. The molecule has 0 radical (unpaired) electrons. The van der Waals surface area contributed by atoms with Crippen LogP contribution in [0, 0.1) is 5.82 Å². The minimum atomic E-state index is -0.925. The molecule has 30 heavy (non-hydrogen) atoms. The predicted octanol–water partition coefficient (Wildman–Crippen LogP) is 5.28. The number of benzene rings is 2. The Morgan fingerprint density at radius 1 is 1.20 bits per heavy atom. The summed E-state index contributed by atoms with van der Waals surface area (Å²) in [7, 11) is 0. The highest BCUT2D eigenvalue weighted by Crippen LogP contribution is 2.43. The number of carboxylic acid groups (broad SMARTS) is 1. The van der Waals surface area contributed by atoms with Gasteiger partial charge in [0, 0.05) is 33.4 Å². The van der Waals surface area contributed by atoms with Crippen molar-refractivity contribution in [2.24, 2.45) is 0 Å². The zero-order valence-electron chi connectivity index (χ0n) is 15.7. The molecule has 7 heteroatoms. The molecular weight excluding hydrogens is 451 g/mol. The molecule has 0 amide bonds. The van der Waals surface area contributed by atoms with Gasteiger partial charge in [-0.3, -0.25) is 9.59 Å². The molecule has 1 unspecified atom stereocenters. The molecule has 2 aromatic carbocycles. The monoisotopic (exact) mass is 466 g/mol. The van der Waals surface area contributed by atoms with Crippen molar-refractivity contribution < 1.29 is 19.1 Å². The van der Waals surface area contributed by atoms with Crippen LogP contribution in [0.3, 0.4) is 0 Å². The van der Waals surface area contributed by atoms with Gasteiger partial charge >= 0.3 is 5.97 Å². The molecule has 1 aliphatic rings. The van der Waals surface area contributed by atoms with E-state index in [0.717, 1.165) is 5.39 Å². The van der Waals surface area contributed by atoms with E-state index in [1.54, 1.807) is 6.07 Å². The summed E-state index contributed by atoms with van der Waals surface area (Å²) >= 11 is 3.41. The third-order valence-electron chi connectivity index (χ3n) is 5.69. The van der Waals surface area contributed by atoms with E-state index < -0.39 is 11.8 Å². The number of carboxylic acids is 1. The number of carbonyl (C=O) groups excluding carboxylic acids is 1.